The van der Waals surface area contributed by atoms with E-state index in [1.165, 1.54) is 24.3 Å². The molecule has 0 aromatic carbocycles. The van der Waals surface area contributed by atoms with Crippen molar-refractivity contribution in [2.45, 2.75) is 97.6 Å². The van der Waals surface area contributed by atoms with Gasteiger partial charge in [-0.15, -0.1) is 0 Å². The van der Waals surface area contributed by atoms with Crippen molar-refractivity contribution < 1.29 is 34.1 Å². The van der Waals surface area contributed by atoms with Crippen molar-refractivity contribution in [2.75, 3.05) is 0 Å². The fourth-order valence-electron chi connectivity index (χ4n) is 4.17. The summed E-state index contributed by atoms with van der Waals surface area (Å²) in [5.41, 5.74) is 7.98. The summed E-state index contributed by atoms with van der Waals surface area (Å²) in [6, 6.07) is 0. The van der Waals surface area contributed by atoms with Crippen LogP contribution in [0.3, 0.4) is 0 Å². The molecular weight excluding hydrogens is 536 g/mol. The molecule has 1 aliphatic heterocycles. The van der Waals surface area contributed by atoms with E-state index in [1.807, 2.05) is 58.9 Å². The van der Waals surface area contributed by atoms with Crippen LogP contribution in [0.1, 0.15) is 73.1 Å². The number of aliphatic hydroxyl groups excluding tert-OH is 2. The second-order valence-electron chi connectivity index (χ2n) is 10.8. The van der Waals surface area contributed by atoms with Crippen molar-refractivity contribution in [1.29, 1.82) is 0 Å². The zero-order valence-corrected chi connectivity index (χ0v) is 25.5. The van der Waals surface area contributed by atoms with Crippen molar-refractivity contribution >= 4 is 18.0 Å². The van der Waals surface area contributed by atoms with Gasteiger partial charge in [0.15, 0.2) is 0 Å². The molecule has 0 aliphatic carbocycles. The van der Waals surface area contributed by atoms with Gasteiger partial charge in [0.25, 0.3) is 0 Å². The quantitative estimate of drug-likeness (QED) is 0.145. The minimum Gasteiger partial charge on any atom is -0.458 e. The summed E-state index contributed by atoms with van der Waals surface area (Å²) in [6.45, 7) is 9.54. The van der Waals surface area contributed by atoms with E-state index in [0.717, 1.165) is 16.7 Å². The van der Waals surface area contributed by atoms with E-state index in [-0.39, 0.29) is 11.8 Å². The number of hydrogen-bond acceptors (Lipinski definition) is 7. The van der Waals surface area contributed by atoms with Crippen molar-refractivity contribution in [3.63, 3.8) is 0 Å². The number of carbonyl (C=O) groups is 3. The lowest BCUT2D eigenvalue weighted by molar-refractivity contribution is -0.144. The number of carbonyl (C=O) groups excluding carboxylic acids is 3. The van der Waals surface area contributed by atoms with Crippen molar-refractivity contribution in [3.8, 4) is 0 Å². The summed E-state index contributed by atoms with van der Waals surface area (Å²) in [5.74, 6) is -0.764. The van der Waals surface area contributed by atoms with Gasteiger partial charge in [0.2, 0.25) is 5.91 Å². The van der Waals surface area contributed by atoms with Crippen LogP contribution in [0.2, 0.25) is 0 Å². The third-order valence-corrected chi connectivity index (χ3v) is 6.33. The SMILES string of the molecule is CC(C)=CC(=O)N/C=C/C(C)=C/[C@@H](C)C1C/C(C)=C/C=C/CC[C@@H](OC(N)=O)[C@H](O)/C=C/[C@H](O)CCC/C=C/C(=O)O1. The van der Waals surface area contributed by atoms with Gasteiger partial charge in [-0.05, 0) is 65.9 Å². The molecule has 0 fully saturated rings. The molecule has 0 spiro atoms. The molecule has 0 aromatic rings. The average Bonchev–Trinajstić information content (AvgIpc) is 2.89. The zero-order valence-electron chi connectivity index (χ0n) is 25.5. The first-order valence-corrected chi connectivity index (χ1v) is 14.4. The highest BCUT2D eigenvalue weighted by Gasteiger charge is 2.21. The van der Waals surface area contributed by atoms with Gasteiger partial charge in [-0.1, -0.05) is 66.2 Å². The minimum absolute atomic E-state index is 0.124. The Labute approximate surface area is 250 Å². The number of nitrogens with one attached hydrogen (secondary N) is 1. The van der Waals surface area contributed by atoms with Crippen LogP contribution in [-0.2, 0) is 19.1 Å². The number of nitrogens with two attached hydrogens (primary N) is 1. The number of hydrogen-bond donors (Lipinski definition) is 4. The van der Waals surface area contributed by atoms with E-state index in [2.05, 4.69) is 5.32 Å². The second kappa shape index (κ2) is 20.2. The molecule has 5 N–H and O–H groups in total. The number of primary amides is 1. The van der Waals surface area contributed by atoms with E-state index in [1.54, 1.807) is 18.4 Å². The summed E-state index contributed by atoms with van der Waals surface area (Å²) in [5, 5.41) is 23.4. The molecule has 0 aromatic heterocycles. The van der Waals surface area contributed by atoms with Gasteiger partial charge in [-0.25, -0.2) is 9.59 Å². The van der Waals surface area contributed by atoms with Gasteiger partial charge in [-0.2, -0.15) is 0 Å². The Bertz CT molecular complexity index is 1090. The summed E-state index contributed by atoms with van der Waals surface area (Å²) in [4.78, 5) is 35.8. The van der Waals surface area contributed by atoms with Gasteiger partial charge in [0.05, 0.1) is 6.10 Å². The maximum Gasteiger partial charge on any atom is 0.404 e. The largest absolute Gasteiger partial charge is 0.458 e. The Morgan fingerprint density at radius 3 is 2.57 bits per heavy atom. The second-order valence-corrected chi connectivity index (χ2v) is 10.8. The lowest BCUT2D eigenvalue weighted by Crippen LogP contribution is -2.32. The van der Waals surface area contributed by atoms with Gasteiger partial charge in [-0.3, -0.25) is 4.79 Å². The normalized spacial score (nSPS) is 27.8. The lowest BCUT2D eigenvalue weighted by Gasteiger charge is -2.22. The van der Waals surface area contributed by atoms with E-state index in [0.29, 0.717) is 38.5 Å². The van der Waals surface area contributed by atoms with E-state index >= 15 is 0 Å². The average molecular weight is 585 g/mol. The van der Waals surface area contributed by atoms with Crippen LogP contribution in [0.4, 0.5) is 4.79 Å². The Hall–Kier alpha value is -3.69. The molecule has 232 valence electrons. The van der Waals surface area contributed by atoms with E-state index in [9.17, 15) is 24.6 Å². The molecule has 0 saturated carbocycles. The van der Waals surface area contributed by atoms with Gasteiger partial charge in [0, 0.05) is 30.7 Å². The summed E-state index contributed by atoms with van der Waals surface area (Å²) >= 11 is 0. The molecule has 5 atom stereocenters. The molecule has 0 radical (unpaired) electrons. The fraction of sp³-hybridized carbons (Fsp3) is 0.485. The monoisotopic (exact) mass is 584 g/mol. The molecule has 1 aliphatic rings. The van der Waals surface area contributed by atoms with Crippen molar-refractivity contribution in [2.24, 2.45) is 11.7 Å². The van der Waals surface area contributed by atoms with Gasteiger partial charge in [0.1, 0.15) is 18.3 Å². The van der Waals surface area contributed by atoms with Crippen molar-refractivity contribution in [1.82, 2.24) is 5.32 Å². The van der Waals surface area contributed by atoms with Crippen LogP contribution >= 0.6 is 0 Å². The van der Waals surface area contributed by atoms with Crippen LogP contribution in [0, 0.1) is 5.92 Å². The van der Waals surface area contributed by atoms with Crippen LogP contribution < -0.4 is 11.1 Å². The van der Waals surface area contributed by atoms with Crippen LogP contribution in [0.5, 0.6) is 0 Å². The predicted molar refractivity (Wildman–Crippen MR) is 165 cm³/mol. The highest BCUT2D eigenvalue weighted by Crippen LogP contribution is 2.21. The number of aliphatic hydroxyl groups is 2. The molecule has 1 rings (SSSR count). The molecular formula is C33H48N2O7. The standard InChI is InChI=1S/C33H48N2O7/c1-23(2)20-31(38)35-19-18-25(4)21-26(5)30-22-24(3)12-8-6-10-14-29(42-33(34)40)28(37)17-16-27(36)13-9-7-11-15-32(39)41-30/h6,8,11-12,15-21,26-30,36-37H,7,9-10,13-14,22H2,1-5H3,(H2,34,40)(H,35,38)/b8-6+,15-11+,17-16+,19-18+,24-12+,25-21+/t26-,27-,28-,29-,30?/m1/s1. The maximum absolute atomic E-state index is 12.6. The molecule has 1 heterocycles. The molecule has 9 nitrogen and oxygen atoms in total. The van der Waals surface area contributed by atoms with Crippen LogP contribution in [0.25, 0.3) is 0 Å². The number of cyclic esters (lactones) is 1. The Balaban J connectivity index is 3.09. The van der Waals surface area contributed by atoms with Crippen molar-refractivity contribution in [3.05, 3.63) is 83.7 Å². The zero-order chi connectivity index (χ0) is 31.5. The number of rotatable bonds is 6. The summed E-state index contributed by atoms with van der Waals surface area (Å²) < 4.78 is 10.9. The van der Waals surface area contributed by atoms with E-state index < -0.39 is 36.5 Å². The predicted octanol–water partition coefficient (Wildman–Crippen LogP) is 5.23. The highest BCUT2D eigenvalue weighted by atomic mass is 16.6. The lowest BCUT2D eigenvalue weighted by atomic mass is 9.95. The molecule has 2 amide bonds. The number of ether oxygens (including phenoxy) is 2. The third-order valence-electron chi connectivity index (χ3n) is 6.33. The number of allylic oxidation sites excluding steroid dienone is 7. The minimum atomic E-state index is -1.11. The number of amides is 2. The Morgan fingerprint density at radius 1 is 1.14 bits per heavy atom. The third kappa shape index (κ3) is 17.2. The first kappa shape index (κ1) is 36.3. The first-order valence-electron chi connectivity index (χ1n) is 14.4. The molecule has 9 heteroatoms. The summed E-state index contributed by atoms with van der Waals surface area (Å²) in [7, 11) is 0. The van der Waals surface area contributed by atoms with Gasteiger partial charge < -0.3 is 30.7 Å². The highest BCUT2D eigenvalue weighted by molar-refractivity contribution is 5.88. The Kier molecular flexibility index (Phi) is 17.5. The molecule has 0 bridgehead atoms. The van der Waals surface area contributed by atoms with E-state index in [4.69, 9.17) is 15.2 Å². The molecule has 0 saturated heterocycles. The smallest absolute Gasteiger partial charge is 0.404 e. The Morgan fingerprint density at radius 2 is 1.88 bits per heavy atom. The summed E-state index contributed by atoms with van der Waals surface area (Å²) in [6.07, 6.45) is 17.3. The number of esters is 1. The van der Waals surface area contributed by atoms with Gasteiger partial charge >= 0.3 is 12.1 Å². The molecule has 1 unspecified atom stereocenters. The topological polar surface area (TPSA) is 148 Å². The van der Waals surface area contributed by atoms with Crippen LogP contribution in [-0.4, -0.2) is 52.6 Å². The first-order chi connectivity index (χ1) is 19.9. The maximum atomic E-state index is 12.6. The fourth-order valence-corrected chi connectivity index (χ4v) is 4.17. The van der Waals surface area contributed by atoms with Crippen LogP contribution in [0.15, 0.2) is 83.7 Å². The molecule has 42 heavy (non-hydrogen) atoms.